The number of rotatable bonds is 8. The van der Waals surface area contributed by atoms with Gasteiger partial charge >= 0.3 is 5.97 Å². The number of esters is 1. The van der Waals surface area contributed by atoms with E-state index in [9.17, 15) is 9.59 Å². The van der Waals surface area contributed by atoms with E-state index >= 15 is 0 Å². The van der Waals surface area contributed by atoms with Crippen molar-refractivity contribution in [2.24, 2.45) is 0 Å². The predicted molar refractivity (Wildman–Crippen MR) is 95.7 cm³/mol. The van der Waals surface area contributed by atoms with E-state index in [-0.39, 0.29) is 12.3 Å². The summed E-state index contributed by atoms with van der Waals surface area (Å²) in [5.74, 6) is -0.0985. The van der Waals surface area contributed by atoms with Crippen LogP contribution in [0.2, 0.25) is 0 Å². The van der Waals surface area contributed by atoms with Crippen molar-refractivity contribution in [2.45, 2.75) is 6.92 Å². The summed E-state index contributed by atoms with van der Waals surface area (Å²) >= 11 is 0. The van der Waals surface area contributed by atoms with Gasteiger partial charge < -0.3 is 14.8 Å². The Morgan fingerprint density at radius 2 is 1.92 bits per heavy atom. The van der Waals surface area contributed by atoms with Crippen LogP contribution in [0.1, 0.15) is 23.0 Å². The largest absolute Gasteiger partial charge is 0.481 e. The molecule has 0 bridgehead atoms. The lowest BCUT2D eigenvalue weighted by Gasteiger charge is -2.10. The number of hydrogen-bond acceptors (Lipinski definition) is 6. The highest BCUT2D eigenvalue weighted by molar-refractivity contribution is 5.99. The molecule has 1 heterocycles. The Bertz CT molecular complexity index is 757. The van der Waals surface area contributed by atoms with E-state index in [0.717, 1.165) is 0 Å². The summed E-state index contributed by atoms with van der Waals surface area (Å²) in [5, 5.41) is 3.05. The number of nitrogens with zero attached hydrogens (tertiary/aromatic N) is 1. The molecule has 25 heavy (non-hydrogen) atoms. The number of carbonyl (C=O) groups is 2. The quantitative estimate of drug-likeness (QED) is 0.452. The summed E-state index contributed by atoms with van der Waals surface area (Å²) in [7, 11) is 1.51. The molecule has 1 N–H and O–H groups in total. The Morgan fingerprint density at radius 3 is 2.60 bits per heavy atom. The number of ether oxygens (including phenoxy) is 2. The van der Waals surface area contributed by atoms with Gasteiger partial charge in [-0.25, -0.2) is 9.78 Å². The molecule has 0 saturated carbocycles. The molecular weight excluding hydrogens is 320 g/mol. The van der Waals surface area contributed by atoms with Gasteiger partial charge in [0.15, 0.2) is 5.78 Å². The molecule has 0 aliphatic carbocycles. The summed E-state index contributed by atoms with van der Waals surface area (Å²) in [6.45, 7) is 2.14. The molecule has 1 aromatic carbocycles. The lowest BCUT2D eigenvalue weighted by atomic mass is 10.1. The first kappa shape index (κ1) is 18.2. The van der Waals surface area contributed by atoms with Crippen molar-refractivity contribution in [2.75, 3.05) is 25.6 Å². The number of anilines is 1. The Kier molecular flexibility index (Phi) is 6.71. The van der Waals surface area contributed by atoms with Crippen LogP contribution in [-0.2, 0) is 9.53 Å². The maximum atomic E-state index is 12.2. The van der Waals surface area contributed by atoms with Crippen LogP contribution in [0.4, 0.5) is 5.69 Å². The Labute approximate surface area is 146 Å². The van der Waals surface area contributed by atoms with Crippen molar-refractivity contribution in [1.29, 1.82) is 0 Å². The lowest BCUT2D eigenvalue weighted by Crippen LogP contribution is -2.15. The zero-order chi connectivity index (χ0) is 18.1. The van der Waals surface area contributed by atoms with Crippen LogP contribution in [0.5, 0.6) is 5.88 Å². The Hall–Kier alpha value is -3.15. The van der Waals surface area contributed by atoms with Gasteiger partial charge in [0.1, 0.15) is 0 Å². The van der Waals surface area contributed by atoms with Gasteiger partial charge in [-0.3, -0.25) is 4.79 Å². The van der Waals surface area contributed by atoms with E-state index in [1.54, 1.807) is 31.2 Å². The minimum absolute atomic E-state index is 0.0447. The van der Waals surface area contributed by atoms with E-state index < -0.39 is 5.97 Å². The van der Waals surface area contributed by atoms with Crippen molar-refractivity contribution in [3.8, 4) is 5.88 Å². The van der Waals surface area contributed by atoms with Gasteiger partial charge in [0.25, 0.3) is 0 Å². The fourth-order valence-electron chi connectivity index (χ4n) is 2.09. The van der Waals surface area contributed by atoms with E-state index in [0.29, 0.717) is 29.4 Å². The van der Waals surface area contributed by atoms with Crippen molar-refractivity contribution in [1.82, 2.24) is 4.98 Å². The van der Waals surface area contributed by atoms with Gasteiger partial charge in [0, 0.05) is 17.7 Å². The third-order valence-corrected chi connectivity index (χ3v) is 3.31. The van der Waals surface area contributed by atoms with Gasteiger partial charge in [0.2, 0.25) is 5.88 Å². The zero-order valence-corrected chi connectivity index (χ0v) is 14.2. The van der Waals surface area contributed by atoms with Crippen LogP contribution in [0, 0.1) is 0 Å². The average molecular weight is 340 g/mol. The van der Waals surface area contributed by atoms with E-state index in [2.05, 4.69) is 10.3 Å². The number of benzene rings is 1. The first-order chi connectivity index (χ1) is 12.1. The van der Waals surface area contributed by atoms with Crippen LogP contribution in [-0.4, -0.2) is 37.0 Å². The lowest BCUT2D eigenvalue weighted by molar-refractivity contribution is -0.137. The van der Waals surface area contributed by atoms with Crippen molar-refractivity contribution >= 4 is 23.5 Å². The Morgan fingerprint density at radius 1 is 1.16 bits per heavy atom. The standard InChI is InChI=1S/C19H20N2O4/c1-3-25-19(23)12-10-16-15(9-11-18(21-16)24-2)20-13-17(22)14-7-5-4-6-8-14/h4-12,20H,3,13H2,1-2H3. The van der Waals surface area contributed by atoms with E-state index in [1.165, 1.54) is 19.3 Å². The second-order valence-electron chi connectivity index (χ2n) is 5.01. The monoisotopic (exact) mass is 340 g/mol. The zero-order valence-electron chi connectivity index (χ0n) is 14.2. The molecule has 2 rings (SSSR count). The maximum absolute atomic E-state index is 12.2. The van der Waals surface area contributed by atoms with Crippen molar-refractivity contribution in [3.63, 3.8) is 0 Å². The molecule has 0 aliphatic heterocycles. The fraction of sp³-hybridized carbons (Fsp3) is 0.211. The first-order valence-corrected chi connectivity index (χ1v) is 7.86. The highest BCUT2D eigenvalue weighted by atomic mass is 16.5. The van der Waals surface area contributed by atoms with Gasteiger partial charge in [-0.2, -0.15) is 0 Å². The van der Waals surface area contributed by atoms with Crippen molar-refractivity contribution in [3.05, 3.63) is 59.8 Å². The van der Waals surface area contributed by atoms with E-state index in [4.69, 9.17) is 9.47 Å². The number of Topliss-reactive ketones (excluding diaryl/α,β-unsaturated/α-hetero) is 1. The molecule has 0 aliphatic rings. The third kappa shape index (κ3) is 5.46. The number of methoxy groups -OCH3 is 1. The van der Waals surface area contributed by atoms with Gasteiger partial charge in [-0.15, -0.1) is 0 Å². The molecule has 130 valence electrons. The van der Waals surface area contributed by atoms with Gasteiger partial charge in [0.05, 0.1) is 31.6 Å². The van der Waals surface area contributed by atoms with Gasteiger partial charge in [-0.05, 0) is 19.1 Å². The third-order valence-electron chi connectivity index (χ3n) is 3.31. The average Bonchev–Trinajstić information content (AvgIpc) is 2.65. The minimum atomic E-state index is -0.460. The summed E-state index contributed by atoms with van der Waals surface area (Å²) in [6, 6.07) is 12.4. The molecule has 0 atom stereocenters. The smallest absolute Gasteiger partial charge is 0.330 e. The summed E-state index contributed by atoms with van der Waals surface area (Å²) in [5.41, 5.74) is 1.72. The topological polar surface area (TPSA) is 77.5 Å². The highest BCUT2D eigenvalue weighted by Crippen LogP contribution is 2.19. The maximum Gasteiger partial charge on any atom is 0.330 e. The molecule has 0 spiro atoms. The molecule has 6 heteroatoms. The van der Waals surface area contributed by atoms with E-state index in [1.807, 2.05) is 18.2 Å². The number of nitrogens with one attached hydrogen (secondary N) is 1. The van der Waals surface area contributed by atoms with Crippen LogP contribution in [0.3, 0.4) is 0 Å². The van der Waals surface area contributed by atoms with Crippen LogP contribution >= 0.6 is 0 Å². The van der Waals surface area contributed by atoms with Gasteiger partial charge in [-0.1, -0.05) is 30.3 Å². The molecular formula is C19H20N2O4. The number of hydrogen-bond donors (Lipinski definition) is 1. The second-order valence-corrected chi connectivity index (χ2v) is 5.01. The molecule has 2 aromatic rings. The normalized spacial score (nSPS) is 10.5. The number of aromatic nitrogens is 1. The molecule has 1 aromatic heterocycles. The minimum Gasteiger partial charge on any atom is -0.481 e. The summed E-state index contributed by atoms with van der Waals surface area (Å²) in [6.07, 6.45) is 2.81. The molecule has 6 nitrogen and oxygen atoms in total. The molecule has 0 saturated heterocycles. The molecule has 0 amide bonds. The molecule has 0 radical (unpaired) electrons. The Balaban J connectivity index is 2.13. The fourth-order valence-corrected chi connectivity index (χ4v) is 2.09. The number of ketones is 1. The van der Waals surface area contributed by atoms with Crippen LogP contribution < -0.4 is 10.1 Å². The number of pyridine rings is 1. The molecule has 0 unspecified atom stereocenters. The van der Waals surface area contributed by atoms with Crippen molar-refractivity contribution < 1.29 is 19.1 Å². The summed E-state index contributed by atoms with van der Waals surface area (Å²) < 4.78 is 9.96. The molecule has 0 fully saturated rings. The van der Waals surface area contributed by atoms with Crippen LogP contribution in [0.15, 0.2) is 48.5 Å². The first-order valence-electron chi connectivity index (χ1n) is 7.86. The van der Waals surface area contributed by atoms with Crippen LogP contribution in [0.25, 0.3) is 6.08 Å². The number of carbonyl (C=O) groups excluding carboxylic acids is 2. The SMILES string of the molecule is CCOC(=O)C=Cc1nc(OC)ccc1NCC(=O)c1ccccc1. The summed E-state index contributed by atoms with van der Waals surface area (Å²) in [4.78, 5) is 28.0. The predicted octanol–water partition coefficient (Wildman–Crippen LogP) is 2.96. The highest BCUT2D eigenvalue weighted by Gasteiger charge is 2.08. The second kappa shape index (κ2) is 9.22.